The van der Waals surface area contributed by atoms with Gasteiger partial charge < -0.3 is 9.47 Å². The summed E-state index contributed by atoms with van der Waals surface area (Å²) in [6.07, 6.45) is 0.222. The fourth-order valence-corrected chi connectivity index (χ4v) is 2.94. The van der Waals surface area contributed by atoms with E-state index in [0.29, 0.717) is 12.2 Å². The van der Waals surface area contributed by atoms with Crippen molar-refractivity contribution in [3.63, 3.8) is 0 Å². The molecule has 0 bridgehead atoms. The Kier molecular flexibility index (Phi) is 4.70. The second-order valence-electron chi connectivity index (χ2n) is 7.87. The zero-order valence-corrected chi connectivity index (χ0v) is 15.7. The Morgan fingerprint density at radius 2 is 1.76 bits per heavy atom. The second kappa shape index (κ2) is 6.64. The molecule has 1 aliphatic rings. The number of rotatable bonds is 5. The summed E-state index contributed by atoms with van der Waals surface area (Å²) in [5, 5.41) is 0. The van der Waals surface area contributed by atoms with E-state index < -0.39 is 0 Å². The summed E-state index contributed by atoms with van der Waals surface area (Å²) in [6, 6.07) is 11.8. The van der Waals surface area contributed by atoms with Crippen LogP contribution in [0.3, 0.4) is 0 Å². The van der Waals surface area contributed by atoms with Gasteiger partial charge in [0.2, 0.25) is 0 Å². The molecule has 2 aromatic rings. The minimum Gasteiger partial charge on any atom is -0.490 e. The summed E-state index contributed by atoms with van der Waals surface area (Å²) in [5.74, 6) is 0.907. The normalized spacial score (nSPS) is 16.6. The Morgan fingerprint density at radius 1 is 1.12 bits per heavy atom. The van der Waals surface area contributed by atoms with Gasteiger partial charge in [0.1, 0.15) is 18.5 Å². The second-order valence-corrected chi connectivity index (χ2v) is 7.87. The Balaban J connectivity index is 1.87. The van der Waals surface area contributed by atoms with Crippen LogP contribution in [-0.4, -0.2) is 25.1 Å². The van der Waals surface area contributed by atoms with E-state index in [0.717, 1.165) is 34.6 Å². The number of carbonyl (C=O) groups is 1. The van der Waals surface area contributed by atoms with E-state index in [1.165, 1.54) is 0 Å². The Hall–Kier alpha value is -2.13. The predicted molar refractivity (Wildman–Crippen MR) is 99.7 cm³/mol. The molecule has 0 aromatic heterocycles. The third-order valence-electron chi connectivity index (χ3n) is 4.53. The zero-order valence-electron chi connectivity index (χ0n) is 15.7. The van der Waals surface area contributed by atoms with Crippen LogP contribution < -0.4 is 4.74 Å². The molecule has 1 fully saturated rings. The maximum absolute atomic E-state index is 13.0. The minimum absolute atomic E-state index is 0.0186. The molecule has 0 aliphatic carbocycles. The van der Waals surface area contributed by atoms with Gasteiger partial charge in [0.15, 0.2) is 5.78 Å². The van der Waals surface area contributed by atoms with Crippen molar-refractivity contribution in [2.45, 2.75) is 46.1 Å². The molecule has 1 heterocycles. The molecule has 2 aromatic carbocycles. The van der Waals surface area contributed by atoms with Gasteiger partial charge in [-0.15, -0.1) is 0 Å². The largest absolute Gasteiger partial charge is 0.490 e. The molecular formula is C22H26O3. The topological polar surface area (TPSA) is 38.8 Å². The lowest BCUT2D eigenvalue weighted by molar-refractivity contribution is 0.103. The van der Waals surface area contributed by atoms with Crippen LogP contribution in [0.2, 0.25) is 0 Å². The molecule has 0 N–H and O–H groups in total. The third-order valence-corrected chi connectivity index (χ3v) is 4.53. The van der Waals surface area contributed by atoms with E-state index in [1.54, 1.807) is 0 Å². The van der Waals surface area contributed by atoms with Gasteiger partial charge in [-0.2, -0.15) is 0 Å². The molecule has 3 heteroatoms. The molecule has 1 atom stereocenters. The van der Waals surface area contributed by atoms with Crippen LogP contribution in [0.5, 0.6) is 5.75 Å². The molecule has 132 valence electrons. The van der Waals surface area contributed by atoms with Gasteiger partial charge in [0.05, 0.1) is 6.61 Å². The monoisotopic (exact) mass is 338 g/mol. The van der Waals surface area contributed by atoms with Crippen LogP contribution in [0.25, 0.3) is 0 Å². The van der Waals surface area contributed by atoms with E-state index in [1.807, 2.05) is 44.2 Å². The average molecular weight is 338 g/mol. The highest BCUT2D eigenvalue weighted by Gasteiger charge is 2.24. The fraction of sp³-hybridized carbons (Fsp3) is 0.409. The summed E-state index contributed by atoms with van der Waals surface area (Å²) in [5.41, 5.74) is 4.58. The number of epoxide rings is 1. The van der Waals surface area contributed by atoms with Gasteiger partial charge in [-0.3, -0.25) is 4.79 Å². The number of hydrogen-bond acceptors (Lipinski definition) is 3. The Morgan fingerprint density at radius 3 is 2.32 bits per heavy atom. The lowest BCUT2D eigenvalue weighted by Crippen LogP contribution is -2.13. The number of aryl methyl sites for hydroxylation is 2. The summed E-state index contributed by atoms with van der Waals surface area (Å²) < 4.78 is 11.0. The van der Waals surface area contributed by atoms with Gasteiger partial charge >= 0.3 is 0 Å². The van der Waals surface area contributed by atoms with E-state index in [2.05, 4.69) is 26.8 Å². The smallest absolute Gasteiger partial charge is 0.193 e. The van der Waals surface area contributed by atoms with E-state index >= 15 is 0 Å². The first-order chi connectivity index (χ1) is 11.8. The maximum atomic E-state index is 13.0. The molecule has 0 saturated carbocycles. The SMILES string of the molecule is Cc1cc(C(=O)c2cccc(C(C)(C)C)c2)cc(C)c1OCC1CO1. The zero-order chi connectivity index (χ0) is 18.2. The molecule has 1 aliphatic heterocycles. The number of ketones is 1. The molecule has 25 heavy (non-hydrogen) atoms. The first-order valence-corrected chi connectivity index (χ1v) is 8.76. The van der Waals surface area contributed by atoms with Gasteiger partial charge in [0.25, 0.3) is 0 Å². The van der Waals surface area contributed by atoms with E-state index in [-0.39, 0.29) is 17.3 Å². The first kappa shape index (κ1) is 17.7. The molecule has 3 rings (SSSR count). The molecule has 0 amide bonds. The lowest BCUT2D eigenvalue weighted by atomic mass is 9.85. The quantitative estimate of drug-likeness (QED) is 0.590. The van der Waals surface area contributed by atoms with Crippen molar-refractivity contribution in [1.82, 2.24) is 0 Å². The van der Waals surface area contributed by atoms with Crippen LogP contribution in [0.1, 0.15) is 53.4 Å². The van der Waals surface area contributed by atoms with Gasteiger partial charge in [-0.05, 0) is 54.2 Å². The highest BCUT2D eigenvalue weighted by Crippen LogP contribution is 2.28. The summed E-state index contributed by atoms with van der Waals surface area (Å²) >= 11 is 0. The van der Waals surface area contributed by atoms with Crippen LogP contribution in [0, 0.1) is 13.8 Å². The Labute approximate surface area is 150 Å². The maximum Gasteiger partial charge on any atom is 0.193 e. The summed E-state index contributed by atoms with van der Waals surface area (Å²) in [7, 11) is 0. The molecule has 0 radical (unpaired) electrons. The first-order valence-electron chi connectivity index (χ1n) is 8.76. The van der Waals surface area contributed by atoms with Gasteiger partial charge in [-0.25, -0.2) is 0 Å². The number of benzene rings is 2. The molecule has 1 saturated heterocycles. The van der Waals surface area contributed by atoms with E-state index in [9.17, 15) is 4.79 Å². The van der Waals surface area contributed by atoms with Crippen LogP contribution >= 0.6 is 0 Å². The summed E-state index contributed by atoms with van der Waals surface area (Å²) in [4.78, 5) is 13.0. The van der Waals surface area contributed by atoms with Gasteiger partial charge in [-0.1, -0.05) is 39.0 Å². The average Bonchev–Trinajstić information content (AvgIpc) is 3.37. The van der Waals surface area contributed by atoms with E-state index in [4.69, 9.17) is 9.47 Å². The molecule has 1 unspecified atom stereocenters. The summed E-state index contributed by atoms with van der Waals surface area (Å²) in [6.45, 7) is 11.8. The van der Waals surface area contributed by atoms with Crippen molar-refractivity contribution in [2.75, 3.05) is 13.2 Å². The number of ether oxygens (including phenoxy) is 2. The lowest BCUT2D eigenvalue weighted by Gasteiger charge is -2.19. The van der Waals surface area contributed by atoms with Crippen LogP contribution in [0.4, 0.5) is 0 Å². The molecular weight excluding hydrogens is 312 g/mol. The highest BCUT2D eigenvalue weighted by molar-refractivity contribution is 6.09. The number of carbonyl (C=O) groups excluding carboxylic acids is 1. The third kappa shape index (κ3) is 4.10. The van der Waals surface area contributed by atoms with Crippen molar-refractivity contribution in [3.05, 3.63) is 64.2 Å². The highest BCUT2D eigenvalue weighted by atomic mass is 16.6. The molecule has 0 spiro atoms. The minimum atomic E-state index is 0.0186. The van der Waals surface area contributed by atoms with Crippen molar-refractivity contribution in [1.29, 1.82) is 0 Å². The Bertz CT molecular complexity index is 772. The van der Waals surface area contributed by atoms with Crippen molar-refractivity contribution >= 4 is 5.78 Å². The standard InChI is InChI=1S/C22H26O3/c1-14-9-17(10-15(2)21(14)25-13-19-12-24-19)20(23)16-7-6-8-18(11-16)22(3,4)5/h6-11,19H,12-13H2,1-5H3. The number of hydrogen-bond donors (Lipinski definition) is 0. The van der Waals surface area contributed by atoms with Crippen molar-refractivity contribution in [2.24, 2.45) is 0 Å². The fourth-order valence-electron chi connectivity index (χ4n) is 2.94. The predicted octanol–water partition coefficient (Wildman–Crippen LogP) is 4.61. The van der Waals surface area contributed by atoms with Crippen LogP contribution in [-0.2, 0) is 10.2 Å². The van der Waals surface area contributed by atoms with Crippen molar-refractivity contribution < 1.29 is 14.3 Å². The van der Waals surface area contributed by atoms with Gasteiger partial charge in [0, 0.05) is 11.1 Å². The van der Waals surface area contributed by atoms with Crippen LogP contribution in [0.15, 0.2) is 36.4 Å². The molecule has 3 nitrogen and oxygen atoms in total. The van der Waals surface area contributed by atoms with Crippen molar-refractivity contribution in [3.8, 4) is 5.75 Å².